The van der Waals surface area contributed by atoms with Crippen molar-refractivity contribution in [3.8, 4) is 16.9 Å². The van der Waals surface area contributed by atoms with E-state index in [2.05, 4.69) is 15.4 Å². The van der Waals surface area contributed by atoms with E-state index >= 15 is 0 Å². The summed E-state index contributed by atoms with van der Waals surface area (Å²) >= 11 is 6.47. The molecule has 0 aliphatic rings. The molecule has 2 heterocycles. The molecule has 12 heteroatoms. The average Bonchev–Trinajstić information content (AvgIpc) is 3.01. The number of pyridine rings is 1. The number of carboxylic acid groups (broad SMARTS) is 1. The van der Waals surface area contributed by atoms with Gasteiger partial charge in [-0.05, 0) is 36.5 Å². The fourth-order valence-corrected chi connectivity index (χ4v) is 3.47. The second-order valence-corrected chi connectivity index (χ2v) is 7.34. The normalized spacial score (nSPS) is 10.7. The molecule has 30 heavy (non-hydrogen) atoms. The predicted octanol–water partition coefficient (Wildman–Crippen LogP) is 2.81. The van der Waals surface area contributed by atoms with Gasteiger partial charge in [-0.15, -0.1) is 5.10 Å². The van der Waals surface area contributed by atoms with E-state index in [1.165, 1.54) is 31.5 Å². The Bertz CT molecular complexity index is 1210. The summed E-state index contributed by atoms with van der Waals surface area (Å²) in [5, 5.41) is 14.7. The first-order valence-corrected chi connectivity index (χ1v) is 9.50. The number of aliphatic carboxylic acids is 1. The van der Waals surface area contributed by atoms with Gasteiger partial charge in [0.25, 0.3) is 5.91 Å². The molecule has 9 nitrogen and oxygen atoms in total. The molecule has 0 saturated carbocycles. The second-order valence-electron chi connectivity index (χ2n) is 5.99. The number of nitrogens with one attached hydrogen (secondary N) is 1. The predicted molar refractivity (Wildman–Crippen MR) is 108 cm³/mol. The van der Waals surface area contributed by atoms with Gasteiger partial charge in [0.1, 0.15) is 12.3 Å². The Morgan fingerprint density at radius 2 is 2.13 bits per heavy atom. The lowest BCUT2D eigenvalue weighted by molar-refractivity contribution is -0.137. The third-order valence-corrected chi connectivity index (χ3v) is 5.00. The molecule has 0 fully saturated rings. The van der Waals surface area contributed by atoms with E-state index < -0.39 is 29.1 Å². The molecule has 0 saturated heterocycles. The van der Waals surface area contributed by atoms with Crippen LogP contribution in [0.15, 0.2) is 29.2 Å². The maximum Gasteiger partial charge on any atom is 0.327 e. The Labute approximate surface area is 177 Å². The van der Waals surface area contributed by atoms with Crippen molar-refractivity contribution in [1.82, 2.24) is 14.8 Å². The van der Waals surface area contributed by atoms with Crippen LogP contribution < -0.4 is 14.9 Å². The molecular weight excluding hydrogens is 439 g/mol. The molecular formula is C18H14ClFN4O5S. The van der Waals surface area contributed by atoms with Gasteiger partial charge in [-0.25, -0.2) is 9.07 Å². The van der Waals surface area contributed by atoms with Crippen LogP contribution in [0.25, 0.3) is 11.1 Å². The van der Waals surface area contributed by atoms with Crippen molar-refractivity contribution in [3.63, 3.8) is 0 Å². The minimum absolute atomic E-state index is 0.0208. The molecule has 0 spiro atoms. The minimum atomic E-state index is -1.26. The first-order chi connectivity index (χ1) is 14.2. The fourth-order valence-electron chi connectivity index (χ4n) is 2.65. The van der Waals surface area contributed by atoms with Crippen LogP contribution in [-0.4, -0.2) is 38.9 Å². The van der Waals surface area contributed by atoms with Crippen LogP contribution in [0.5, 0.6) is 5.75 Å². The highest BCUT2D eigenvalue weighted by molar-refractivity contribution is 7.13. The van der Waals surface area contributed by atoms with Gasteiger partial charge in [-0.3, -0.25) is 24.7 Å². The SMILES string of the molecule is COc1ccc(Cl)c(F)c1-c1cc(C)ncc1C(=O)Nc1nn(CC(=O)O)c(=O)s1. The lowest BCUT2D eigenvalue weighted by Crippen LogP contribution is -2.20. The summed E-state index contributed by atoms with van der Waals surface area (Å²) in [6.07, 6.45) is 1.25. The quantitative estimate of drug-likeness (QED) is 0.589. The number of anilines is 1. The summed E-state index contributed by atoms with van der Waals surface area (Å²) in [6, 6.07) is 4.30. The van der Waals surface area contributed by atoms with Gasteiger partial charge < -0.3 is 9.84 Å². The Morgan fingerprint density at radius 1 is 1.40 bits per heavy atom. The Balaban J connectivity index is 2.05. The largest absolute Gasteiger partial charge is 0.496 e. The van der Waals surface area contributed by atoms with Crippen LogP contribution in [0.3, 0.4) is 0 Å². The smallest absolute Gasteiger partial charge is 0.327 e. The fraction of sp³-hybridized carbons (Fsp3) is 0.167. The molecule has 0 atom stereocenters. The van der Waals surface area contributed by atoms with Crippen LogP contribution in [-0.2, 0) is 11.3 Å². The molecule has 0 radical (unpaired) electrons. The van der Waals surface area contributed by atoms with Crippen molar-refractivity contribution < 1.29 is 23.8 Å². The maximum absolute atomic E-state index is 14.8. The van der Waals surface area contributed by atoms with E-state index in [4.69, 9.17) is 21.4 Å². The molecule has 1 aromatic carbocycles. The zero-order valence-corrected chi connectivity index (χ0v) is 17.2. The summed E-state index contributed by atoms with van der Waals surface area (Å²) in [7, 11) is 1.35. The Morgan fingerprint density at radius 3 is 2.80 bits per heavy atom. The Hall–Kier alpha value is -3.31. The number of methoxy groups -OCH3 is 1. The number of benzene rings is 1. The molecule has 3 aromatic rings. The van der Waals surface area contributed by atoms with Gasteiger partial charge in [0.15, 0.2) is 5.82 Å². The number of ether oxygens (including phenoxy) is 1. The molecule has 0 bridgehead atoms. The van der Waals surface area contributed by atoms with Crippen molar-refractivity contribution in [1.29, 1.82) is 0 Å². The first kappa shape index (κ1) is 21.4. The number of aromatic nitrogens is 3. The summed E-state index contributed by atoms with van der Waals surface area (Å²) < 4.78 is 20.8. The number of carbonyl (C=O) groups is 2. The van der Waals surface area contributed by atoms with E-state index in [0.29, 0.717) is 21.7 Å². The number of aryl methyl sites for hydroxylation is 1. The van der Waals surface area contributed by atoms with Crippen molar-refractivity contribution >= 4 is 39.9 Å². The molecule has 0 aliphatic carbocycles. The maximum atomic E-state index is 14.8. The topological polar surface area (TPSA) is 123 Å². The zero-order valence-electron chi connectivity index (χ0n) is 15.6. The van der Waals surface area contributed by atoms with Gasteiger partial charge in [0.05, 0.1) is 23.3 Å². The van der Waals surface area contributed by atoms with Gasteiger partial charge >= 0.3 is 10.8 Å². The number of carboxylic acids is 1. The zero-order chi connectivity index (χ0) is 22.0. The minimum Gasteiger partial charge on any atom is -0.496 e. The highest BCUT2D eigenvalue weighted by atomic mass is 35.5. The molecule has 0 aliphatic heterocycles. The van der Waals surface area contributed by atoms with Gasteiger partial charge in [0, 0.05) is 17.5 Å². The number of carbonyl (C=O) groups excluding carboxylic acids is 1. The van der Waals surface area contributed by atoms with E-state index in [-0.39, 0.29) is 32.6 Å². The summed E-state index contributed by atoms with van der Waals surface area (Å²) in [4.78, 5) is 38.9. The number of amides is 1. The van der Waals surface area contributed by atoms with E-state index in [0.717, 1.165) is 0 Å². The highest BCUT2D eigenvalue weighted by Crippen LogP contribution is 2.38. The van der Waals surface area contributed by atoms with Crippen LogP contribution in [0, 0.1) is 12.7 Å². The van der Waals surface area contributed by atoms with Crippen molar-refractivity contribution in [2.45, 2.75) is 13.5 Å². The summed E-state index contributed by atoms with van der Waals surface area (Å²) in [6.45, 7) is 1.02. The second kappa shape index (κ2) is 8.59. The number of hydrogen-bond acceptors (Lipinski definition) is 7. The monoisotopic (exact) mass is 452 g/mol. The number of rotatable bonds is 6. The number of halogens is 2. The molecule has 2 N–H and O–H groups in total. The molecule has 156 valence electrons. The van der Waals surface area contributed by atoms with E-state index in [1.54, 1.807) is 6.92 Å². The first-order valence-electron chi connectivity index (χ1n) is 8.31. The number of nitrogens with zero attached hydrogens (tertiary/aromatic N) is 3. The molecule has 3 rings (SSSR count). The van der Waals surface area contributed by atoms with Crippen molar-refractivity contribution in [3.05, 3.63) is 56.2 Å². The van der Waals surface area contributed by atoms with Crippen molar-refractivity contribution in [2.24, 2.45) is 0 Å². The number of hydrogen-bond donors (Lipinski definition) is 2. The Kier molecular flexibility index (Phi) is 6.13. The van der Waals surface area contributed by atoms with Gasteiger partial charge in [-0.1, -0.05) is 11.6 Å². The van der Waals surface area contributed by atoms with E-state index in [9.17, 15) is 18.8 Å². The highest BCUT2D eigenvalue weighted by Gasteiger charge is 2.23. The third-order valence-electron chi connectivity index (χ3n) is 3.94. The van der Waals surface area contributed by atoms with Gasteiger partial charge in [0.2, 0.25) is 5.13 Å². The molecule has 0 unspecified atom stereocenters. The lowest BCUT2D eigenvalue weighted by atomic mass is 9.98. The van der Waals surface area contributed by atoms with E-state index in [1.807, 2.05) is 0 Å². The van der Waals surface area contributed by atoms with Crippen molar-refractivity contribution in [2.75, 3.05) is 12.4 Å². The molecule has 1 amide bonds. The van der Waals surface area contributed by atoms with Crippen LogP contribution in [0.1, 0.15) is 16.1 Å². The molecule has 2 aromatic heterocycles. The summed E-state index contributed by atoms with van der Waals surface area (Å²) in [5.74, 6) is -2.60. The third kappa shape index (κ3) is 4.31. The van der Waals surface area contributed by atoms with Crippen LogP contribution in [0.4, 0.5) is 9.52 Å². The van der Waals surface area contributed by atoms with Crippen LogP contribution in [0.2, 0.25) is 5.02 Å². The van der Waals surface area contributed by atoms with Gasteiger partial charge in [-0.2, -0.15) is 0 Å². The standard InChI is InChI=1S/C18H14ClFN4O5S/c1-8-5-9(14-12(29-2)4-3-11(19)15(14)20)10(6-21-8)16(27)22-17-23-24(7-13(25)26)18(28)30-17/h3-6H,7H2,1-2H3,(H,25,26)(H,22,23,27). The summed E-state index contributed by atoms with van der Waals surface area (Å²) in [5.41, 5.74) is 0.644. The average molecular weight is 453 g/mol. The van der Waals surface area contributed by atoms with Crippen LogP contribution >= 0.6 is 22.9 Å². The lowest BCUT2D eigenvalue weighted by Gasteiger charge is -2.14.